The van der Waals surface area contributed by atoms with Crippen molar-refractivity contribution in [3.63, 3.8) is 0 Å². The molecule has 2 N–H and O–H groups in total. The maximum atomic E-state index is 15.1. The molecule has 1 aliphatic carbocycles. The summed E-state index contributed by atoms with van der Waals surface area (Å²) in [5.74, 6) is -4.79. The lowest BCUT2D eigenvalue weighted by Gasteiger charge is -2.42. The topological polar surface area (TPSA) is 123 Å². The van der Waals surface area contributed by atoms with Gasteiger partial charge in [0.15, 0.2) is 6.73 Å². The zero-order chi connectivity index (χ0) is 36.1. The van der Waals surface area contributed by atoms with Gasteiger partial charge in [0.25, 0.3) is 5.91 Å². The number of amides is 2. The van der Waals surface area contributed by atoms with Crippen LogP contribution in [0.4, 0.5) is 14.5 Å². The lowest BCUT2D eigenvalue weighted by Crippen LogP contribution is -2.53. The van der Waals surface area contributed by atoms with E-state index in [1.807, 2.05) is 43.5 Å². The van der Waals surface area contributed by atoms with Gasteiger partial charge in [0.05, 0.1) is 34.8 Å². The van der Waals surface area contributed by atoms with E-state index in [1.54, 1.807) is 71.6 Å². The molecule has 2 fully saturated rings. The van der Waals surface area contributed by atoms with Crippen LogP contribution in [0.3, 0.4) is 0 Å². The van der Waals surface area contributed by atoms with E-state index in [2.05, 4.69) is 20.7 Å². The predicted octanol–water partition coefficient (Wildman–Crippen LogP) is 6.21. The average Bonchev–Trinajstić information content (AvgIpc) is 3.87. The highest BCUT2D eigenvalue weighted by Gasteiger charge is 2.52. The maximum absolute atomic E-state index is 15.1. The molecule has 2 aromatic carbocycles. The Morgan fingerprint density at radius 1 is 1.04 bits per heavy atom. The molecule has 0 radical (unpaired) electrons. The van der Waals surface area contributed by atoms with Crippen LogP contribution in [-0.4, -0.2) is 60.5 Å². The minimum Gasteiger partial charge on any atom is -0.443 e. The molecular weight excluding hydrogens is 656 g/mol. The van der Waals surface area contributed by atoms with Crippen LogP contribution in [0.25, 0.3) is 5.69 Å². The number of imidazole rings is 1. The summed E-state index contributed by atoms with van der Waals surface area (Å²) in [5, 5.41) is 10.9. The monoisotopic (exact) mass is 699 g/mol. The van der Waals surface area contributed by atoms with Crippen LogP contribution in [0.1, 0.15) is 86.0 Å². The highest BCUT2D eigenvalue weighted by molar-refractivity contribution is 5.95. The Balaban J connectivity index is 1.13. The first kappa shape index (κ1) is 34.4. The number of rotatable bonds is 7. The van der Waals surface area contributed by atoms with Crippen molar-refractivity contribution < 1.29 is 27.9 Å². The van der Waals surface area contributed by atoms with Gasteiger partial charge in [-0.2, -0.15) is 5.10 Å². The summed E-state index contributed by atoms with van der Waals surface area (Å²) in [5.41, 5.74) is 3.06. The number of aryl methyl sites for hydroxylation is 1. The van der Waals surface area contributed by atoms with Gasteiger partial charge in [-0.25, -0.2) is 18.4 Å². The number of aromatic nitrogens is 4. The normalized spacial score (nSPS) is 23.9. The van der Waals surface area contributed by atoms with Crippen molar-refractivity contribution in [2.24, 2.45) is 17.3 Å². The molecule has 0 bridgehead atoms. The third kappa shape index (κ3) is 6.85. The first-order valence-corrected chi connectivity index (χ1v) is 17.4. The summed E-state index contributed by atoms with van der Waals surface area (Å²) in [6.45, 7) is 7.60. The fourth-order valence-corrected chi connectivity index (χ4v) is 7.64. The SMILES string of the molecule is Cc1ccn(-c2ccc(C(=O)N[C@@H]3CCC(F)(F)C[C@@H]3C(=O)N3CC[C@H]4C3c3ccccc3N[C@H]4c3nccn3COC(=O)C(C)(C)C)cc2)n1. The number of ether oxygens (including phenoxy) is 1. The Kier molecular flexibility index (Phi) is 8.92. The van der Waals surface area contributed by atoms with E-state index >= 15 is 8.78 Å². The van der Waals surface area contributed by atoms with E-state index in [1.165, 1.54) is 0 Å². The van der Waals surface area contributed by atoms with Gasteiger partial charge in [0.1, 0.15) is 5.82 Å². The van der Waals surface area contributed by atoms with E-state index < -0.39 is 54.0 Å². The van der Waals surface area contributed by atoms with Gasteiger partial charge < -0.3 is 20.3 Å². The van der Waals surface area contributed by atoms with Crippen LogP contribution in [0.5, 0.6) is 0 Å². The van der Waals surface area contributed by atoms with Crippen LogP contribution in [0.15, 0.2) is 73.2 Å². The minimum absolute atomic E-state index is 0.0184. The van der Waals surface area contributed by atoms with Crippen LogP contribution < -0.4 is 10.6 Å². The molecule has 11 nitrogen and oxygen atoms in total. The number of nitrogens with one attached hydrogen (secondary N) is 2. The largest absolute Gasteiger partial charge is 0.443 e. The van der Waals surface area contributed by atoms with Gasteiger partial charge in [-0.3, -0.25) is 19.0 Å². The lowest BCUT2D eigenvalue weighted by atomic mass is 9.79. The predicted molar refractivity (Wildman–Crippen MR) is 185 cm³/mol. The summed E-state index contributed by atoms with van der Waals surface area (Å²) < 4.78 is 39.2. The molecule has 0 spiro atoms. The highest BCUT2D eigenvalue weighted by atomic mass is 19.3. The number of hydrogen-bond donors (Lipinski definition) is 2. The zero-order valence-electron chi connectivity index (χ0n) is 29.2. The van der Waals surface area contributed by atoms with E-state index in [0.717, 1.165) is 22.6 Å². The van der Waals surface area contributed by atoms with Gasteiger partial charge in [0.2, 0.25) is 11.8 Å². The first-order valence-electron chi connectivity index (χ1n) is 17.4. The van der Waals surface area contributed by atoms with Gasteiger partial charge in [0, 0.05) is 61.2 Å². The van der Waals surface area contributed by atoms with Crippen molar-refractivity contribution >= 4 is 23.5 Å². The fourth-order valence-electron chi connectivity index (χ4n) is 7.64. The molecule has 1 unspecified atom stereocenters. The van der Waals surface area contributed by atoms with Crippen LogP contribution >= 0.6 is 0 Å². The third-order valence-electron chi connectivity index (χ3n) is 10.3. The molecule has 268 valence electrons. The summed E-state index contributed by atoms with van der Waals surface area (Å²) in [4.78, 5) is 46.9. The molecule has 2 amide bonds. The standard InChI is InChI=1S/C38H43F2N7O4/c1-23-14-19-47(44-23)25-11-9-24(10-12-25)34(48)43-30-13-16-38(39,40)21-28(30)35(49)46-18-15-27-31(42-29-8-6-5-7-26(29)32(27)46)33-41-17-20-45(33)22-51-36(50)37(2,3)4/h5-12,14,17,19-20,27-28,30-32,42H,13,15-16,18,21-22H2,1-4H3,(H,43,48)/t27-,28+,30-,31-,32?/m1/s1. The average molecular weight is 700 g/mol. The number of likely N-dealkylation sites (tertiary alicyclic amines) is 1. The summed E-state index contributed by atoms with van der Waals surface area (Å²) in [6, 6.07) is 14.9. The van der Waals surface area contributed by atoms with Crippen molar-refractivity contribution in [1.82, 2.24) is 29.5 Å². The van der Waals surface area contributed by atoms with Gasteiger partial charge >= 0.3 is 5.97 Å². The molecule has 1 saturated carbocycles. The molecule has 2 aliphatic heterocycles. The van der Waals surface area contributed by atoms with Gasteiger partial charge in [-0.1, -0.05) is 18.2 Å². The van der Waals surface area contributed by atoms with Gasteiger partial charge in [-0.05, 0) is 82.5 Å². The molecule has 4 heterocycles. The number of carbonyl (C=O) groups is 3. The number of nitrogens with zero attached hydrogens (tertiary/aromatic N) is 5. The third-order valence-corrected chi connectivity index (χ3v) is 10.3. The van der Waals surface area contributed by atoms with Crippen LogP contribution in [-0.2, 0) is 21.1 Å². The minimum atomic E-state index is -3.03. The Morgan fingerprint density at radius 2 is 1.80 bits per heavy atom. The Labute approximate surface area is 295 Å². The smallest absolute Gasteiger partial charge is 0.312 e. The number of esters is 1. The fraction of sp³-hybridized carbons (Fsp3) is 0.447. The number of hydrogen-bond acceptors (Lipinski definition) is 7. The van der Waals surface area contributed by atoms with Crippen molar-refractivity contribution in [3.05, 3.63) is 95.8 Å². The maximum Gasteiger partial charge on any atom is 0.312 e. The lowest BCUT2D eigenvalue weighted by molar-refractivity contribution is -0.157. The van der Waals surface area contributed by atoms with Crippen LogP contribution in [0, 0.1) is 24.2 Å². The summed E-state index contributed by atoms with van der Waals surface area (Å²) in [6.07, 6.45) is 4.75. The molecule has 51 heavy (non-hydrogen) atoms. The molecule has 1 saturated heterocycles. The second-order valence-corrected chi connectivity index (χ2v) is 14.9. The molecule has 4 aromatic rings. The number of para-hydroxylation sites is 1. The number of anilines is 1. The second-order valence-electron chi connectivity index (χ2n) is 14.9. The zero-order valence-corrected chi connectivity index (χ0v) is 29.2. The Bertz CT molecular complexity index is 1930. The summed E-state index contributed by atoms with van der Waals surface area (Å²) in [7, 11) is 0. The number of benzene rings is 2. The molecule has 7 rings (SSSR count). The van der Waals surface area contributed by atoms with E-state index in [4.69, 9.17) is 4.74 Å². The molecular formula is C38H43F2N7O4. The molecule has 3 aliphatic rings. The quantitative estimate of drug-likeness (QED) is 0.220. The molecule has 2 aromatic heterocycles. The van der Waals surface area contributed by atoms with Crippen molar-refractivity contribution in [3.8, 4) is 5.69 Å². The first-order chi connectivity index (χ1) is 24.3. The van der Waals surface area contributed by atoms with Crippen LogP contribution in [0.2, 0.25) is 0 Å². The number of carbonyl (C=O) groups excluding carboxylic acids is 3. The van der Waals surface area contributed by atoms with Crippen molar-refractivity contribution in [2.45, 2.75) is 84.2 Å². The van der Waals surface area contributed by atoms with Crippen molar-refractivity contribution in [2.75, 3.05) is 11.9 Å². The molecule has 13 heteroatoms. The number of fused-ring (bicyclic) bond motifs is 3. The molecule has 5 atom stereocenters. The Hall–Kier alpha value is -5.07. The number of alkyl halides is 2. The Morgan fingerprint density at radius 3 is 2.53 bits per heavy atom. The van der Waals surface area contributed by atoms with E-state index in [0.29, 0.717) is 24.4 Å². The summed E-state index contributed by atoms with van der Waals surface area (Å²) >= 11 is 0. The van der Waals surface area contributed by atoms with Gasteiger partial charge in [-0.15, -0.1) is 0 Å². The number of halogens is 2. The van der Waals surface area contributed by atoms with E-state index in [9.17, 15) is 14.4 Å². The van der Waals surface area contributed by atoms with E-state index in [-0.39, 0.29) is 31.1 Å². The second kappa shape index (κ2) is 13.2. The highest BCUT2D eigenvalue weighted by Crippen LogP contribution is 2.52. The van der Waals surface area contributed by atoms with Crippen molar-refractivity contribution in [1.29, 1.82) is 0 Å².